The zero-order chi connectivity index (χ0) is 18.1. The van der Waals surface area contributed by atoms with Gasteiger partial charge in [0.2, 0.25) is 0 Å². The molecule has 0 atom stereocenters. The van der Waals surface area contributed by atoms with Gasteiger partial charge in [-0.05, 0) is 18.2 Å². The lowest BCUT2D eigenvalue weighted by Gasteiger charge is -2.17. The van der Waals surface area contributed by atoms with E-state index in [1.54, 1.807) is 24.0 Å². The van der Waals surface area contributed by atoms with E-state index in [2.05, 4.69) is 15.2 Å². The molecule has 1 amide bonds. The molecule has 2 aromatic rings. The molecule has 0 aliphatic rings. The van der Waals surface area contributed by atoms with E-state index in [1.165, 1.54) is 19.2 Å². The van der Waals surface area contributed by atoms with E-state index < -0.39 is 5.97 Å². The number of aromatic nitrogens is 2. The predicted molar refractivity (Wildman–Crippen MR) is 92.7 cm³/mol. The second kappa shape index (κ2) is 6.65. The number of amides is 1. The van der Waals surface area contributed by atoms with Crippen LogP contribution in [0.1, 0.15) is 47.2 Å². The molecule has 0 saturated heterocycles. The lowest BCUT2D eigenvalue weighted by molar-refractivity contribution is 0.0601. The largest absolute Gasteiger partial charge is 0.465 e. The number of carbonyl (C=O) groups is 2. The van der Waals surface area contributed by atoms with E-state index in [4.69, 9.17) is 11.6 Å². The smallest absolute Gasteiger partial charge is 0.339 e. The number of ether oxygens (including phenoxy) is 1. The summed E-state index contributed by atoms with van der Waals surface area (Å²) in [6, 6.07) is 4.62. The number of carbonyl (C=O) groups excluding carboxylic acids is 2. The molecule has 1 aromatic carbocycles. The van der Waals surface area contributed by atoms with Gasteiger partial charge in [-0.3, -0.25) is 9.48 Å². The van der Waals surface area contributed by atoms with Crippen molar-refractivity contribution in [3.63, 3.8) is 0 Å². The first kappa shape index (κ1) is 18.0. The van der Waals surface area contributed by atoms with E-state index in [9.17, 15) is 9.59 Å². The van der Waals surface area contributed by atoms with Crippen LogP contribution in [0.4, 0.5) is 5.69 Å². The number of esters is 1. The first-order chi connectivity index (χ1) is 11.1. The molecule has 7 heteroatoms. The molecule has 0 spiro atoms. The van der Waals surface area contributed by atoms with Gasteiger partial charge in [0.15, 0.2) is 0 Å². The molecule has 0 unspecified atom stereocenters. The summed E-state index contributed by atoms with van der Waals surface area (Å²) >= 11 is 6.07. The summed E-state index contributed by atoms with van der Waals surface area (Å²) in [6.45, 7) is 5.98. The Bertz CT molecular complexity index is 791. The summed E-state index contributed by atoms with van der Waals surface area (Å²) in [7, 11) is 3.05. The van der Waals surface area contributed by atoms with Crippen molar-refractivity contribution >= 4 is 29.2 Å². The lowest BCUT2D eigenvalue weighted by Crippen LogP contribution is -2.20. The van der Waals surface area contributed by atoms with Crippen molar-refractivity contribution in [3.05, 3.63) is 46.2 Å². The molecule has 6 nitrogen and oxygen atoms in total. The average molecular weight is 350 g/mol. The first-order valence-corrected chi connectivity index (χ1v) is 7.74. The van der Waals surface area contributed by atoms with Crippen molar-refractivity contribution in [1.29, 1.82) is 0 Å². The summed E-state index contributed by atoms with van der Waals surface area (Å²) in [6.07, 6.45) is 1.68. The normalized spacial score (nSPS) is 11.2. The monoisotopic (exact) mass is 349 g/mol. The van der Waals surface area contributed by atoms with Gasteiger partial charge >= 0.3 is 5.97 Å². The van der Waals surface area contributed by atoms with Crippen LogP contribution in [0.15, 0.2) is 24.4 Å². The quantitative estimate of drug-likeness (QED) is 0.862. The van der Waals surface area contributed by atoms with Crippen molar-refractivity contribution in [3.8, 4) is 0 Å². The Hall–Kier alpha value is -2.34. The Morgan fingerprint density at radius 2 is 1.92 bits per heavy atom. The molecule has 24 heavy (non-hydrogen) atoms. The number of nitrogens with zero attached hydrogens (tertiary/aromatic N) is 2. The van der Waals surface area contributed by atoms with E-state index in [-0.39, 0.29) is 21.9 Å². The van der Waals surface area contributed by atoms with Gasteiger partial charge in [-0.25, -0.2) is 4.79 Å². The van der Waals surface area contributed by atoms with Crippen LogP contribution in [0.3, 0.4) is 0 Å². The molecule has 2 rings (SSSR count). The molecule has 0 saturated carbocycles. The standard InChI is InChI=1S/C17H20ClN3O3/c1-17(2,3)14-12(9-21(4)20-14)15(22)19-10-6-7-11(13(18)8-10)16(23)24-5/h6-9H,1-5H3,(H,19,22). The Morgan fingerprint density at radius 3 is 2.46 bits per heavy atom. The highest BCUT2D eigenvalue weighted by molar-refractivity contribution is 6.34. The fraction of sp³-hybridized carbons (Fsp3) is 0.353. The highest BCUT2D eigenvalue weighted by atomic mass is 35.5. The molecule has 0 fully saturated rings. The molecule has 0 aliphatic carbocycles. The van der Waals surface area contributed by atoms with Gasteiger partial charge in [0.05, 0.1) is 29.0 Å². The Labute approximate surface area is 145 Å². The number of methoxy groups -OCH3 is 1. The number of nitrogens with one attached hydrogen (secondary N) is 1. The highest BCUT2D eigenvalue weighted by Crippen LogP contribution is 2.26. The number of rotatable bonds is 3. The van der Waals surface area contributed by atoms with Crippen molar-refractivity contribution < 1.29 is 14.3 Å². The number of halogens is 1. The molecule has 1 aromatic heterocycles. The number of anilines is 1. The molecule has 0 bridgehead atoms. The zero-order valence-corrected chi connectivity index (χ0v) is 15.1. The Balaban J connectivity index is 2.28. The average Bonchev–Trinajstić information content (AvgIpc) is 2.89. The van der Waals surface area contributed by atoms with Gasteiger partial charge in [0, 0.05) is 24.3 Å². The van der Waals surface area contributed by atoms with Crippen molar-refractivity contribution in [1.82, 2.24) is 9.78 Å². The summed E-state index contributed by atoms with van der Waals surface area (Å²) < 4.78 is 6.26. The van der Waals surface area contributed by atoms with Gasteiger partial charge in [-0.2, -0.15) is 5.10 Å². The maximum absolute atomic E-state index is 12.6. The minimum atomic E-state index is -0.528. The molecule has 1 N–H and O–H groups in total. The summed E-state index contributed by atoms with van der Waals surface area (Å²) in [5.74, 6) is -0.810. The lowest BCUT2D eigenvalue weighted by atomic mass is 9.89. The van der Waals surface area contributed by atoms with Crippen molar-refractivity contribution in [2.24, 2.45) is 7.05 Å². The third-order valence-corrected chi connectivity index (χ3v) is 3.73. The molecule has 1 heterocycles. The molecular weight excluding hydrogens is 330 g/mol. The Morgan fingerprint density at radius 1 is 1.25 bits per heavy atom. The molecular formula is C17H20ClN3O3. The van der Waals surface area contributed by atoms with Crippen LogP contribution in [-0.2, 0) is 17.2 Å². The van der Waals surface area contributed by atoms with Gasteiger partial charge in [-0.15, -0.1) is 0 Å². The van der Waals surface area contributed by atoms with E-state index in [1.807, 2.05) is 20.8 Å². The van der Waals surface area contributed by atoms with E-state index in [0.29, 0.717) is 16.9 Å². The number of hydrogen-bond acceptors (Lipinski definition) is 4. The maximum atomic E-state index is 12.6. The SMILES string of the molecule is COC(=O)c1ccc(NC(=O)c2cn(C)nc2C(C)(C)C)cc1Cl. The van der Waals surface area contributed by atoms with Crippen LogP contribution in [0.5, 0.6) is 0 Å². The summed E-state index contributed by atoms with van der Waals surface area (Å²) in [5.41, 5.74) is 1.67. The van der Waals surface area contributed by atoms with Crippen LogP contribution in [0.25, 0.3) is 0 Å². The maximum Gasteiger partial charge on any atom is 0.339 e. The van der Waals surface area contributed by atoms with E-state index in [0.717, 1.165) is 0 Å². The van der Waals surface area contributed by atoms with Crippen LogP contribution >= 0.6 is 11.6 Å². The van der Waals surface area contributed by atoms with Gasteiger partial charge in [0.1, 0.15) is 0 Å². The van der Waals surface area contributed by atoms with Gasteiger partial charge < -0.3 is 10.1 Å². The van der Waals surface area contributed by atoms with Crippen LogP contribution in [0, 0.1) is 0 Å². The van der Waals surface area contributed by atoms with Crippen LogP contribution in [0.2, 0.25) is 5.02 Å². The minimum Gasteiger partial charge on any atom is -0.465 e. The fourth-order valence-electron chi connectivity index (χ4n) is 2.28. The summed E-state index contributed by atoms with van der Waals surface area (Å²) in [4.78, 5) is 24.1. The second-order valence-electron chi connectivity index (χ2n) is 6.46. The fourth-order valence-corrected chi connectivity index (χ4v) is 2.53. The second-order valence-corrected chi connectivity index (χ2v) is 6.86. The first-order valence-electron chi connectivity index (χ1n) is 7.37. The third kappa shape index (κ3) is 3.76. The molecule has 128 valence electrons. The molecule has 0 aliphatic heterocycles. The summed E-state index contributed by atoms with van der Waals surface area (Å²) in [5, 5.41) is 7.37. The molecule has 0 radical (unpaired) electrons. The topological polar surface area (TPSA) is 73.2 Å². The number of aryl methyl sites for hydroxylation is 1. The van der Waals surface area contributed by atoms with Crippen LogP contribution in [-0.4, -0.2) is 28.8 Å². The van der Waals surface area contributed by atoms with Gasteiger partial charge in [0.25, 0.3) is 5.91 Å². The zero-order valence-electron chi connectivity index (χ0n) is 14.3. The third-order valence-electron chi connectivity index (χ3n) is 3.42. The van der Waals surface area contributed by atoms with Crippen molar-refractivity contribution in [2.45, 2.75) is 26.2 Å². The highest BCUT2D eigenvalue weighted by Gasteiger charge is 2.26. The van der Waals surface area contributed by atoms with E-state index >= 15 is 0 Å². The Kier molecular flexibility index (Phi) is 4.99. The minimum absolute atomic E-state index is 0.210. The predicted octanol–water partition coefficient (Wildman–Crippen LogP) is 3.41. The number of hydrogen-bond donors (Lipinski definition) is 1. The van der Waals surface area contributed by atoms with Crippen molar-refractivity contribution in [2.75, 3.05) is 12.4 Å². The van der Waals surface area contributed by atoms with Gasteiger partial charge in [-0.1, -0.05) is 32.4 Å². The van der Waals surface area contributed by atoms with Crippen LogP contribution < -0.4 is 5.32 Å². The number of benzene rings is 1.